The summed E-state index contributed by atoms with van der Waals surface area (Å²) in [5.41, 5.74) is 0. The van der Waals surface area contributed by atoms with Crippen LogP contribution in [0.5, 0.6) is 11.5 Å². The number of fused-ring (bicyclic) bond motifs is 1. The molecule has 1 aromatic carbocycles. The first kappa shape index (κ1) is 17.3. The molecule has 0 radical (unpaired) electrons. The van der Waals surface area contributed by atoms with E-state index in [1.54, 1.807) is 0 Å². The standard InChI is InChI=1S/C16H23NO4.ClH/c1-13(17-8-11-18-12-9-17)19-10-7-16(2)20-14-5-3-4-6-15(14)21-16;/h3-6,13H,7-12H2,1-2H3;1H. The molecule has 0 saturated carbocycles. The van der Waals surface area contributed by atoms with E-state index in [0.717, 1.165) is 37.8 Å². The molecule has 0 spiro atoms. The Morgan fingerprint density at radius 2 is 1.77 bits per heavy atom. The van der Waals surface area contributed by atoms with E-state index in [9.17, 15) is 0 Å². The van der Waals surface area contributed by atoms with Gasteiger partial charge in [-0.25, -0.2) is 0 Å². The minimum absolute atomic E-state index is 0. The van der Waals surface area contributed by atoms with E-state index in [1.165, 1.54) is 0 Å². The van der Waals surface area contributed by atoms with Crippen LogP contribution in [0.15, 0.2) is 24.3 Å². The Morgan fingerprint density at radius 1 is 1.18 bits per heavy atom. The molecule has 3 rings (SSSR count). The van der Waals surface area contributed by atoms with Crippen molar-refractivity contribution in [3.05, 3.63) is 24.3 Å². The van der Waals surface area contributed by atoms with Gasteiger partial charge < -0.3 is 18.9 Å². The molecule has 0 amide bonds. The quantitative estimate of drug-likeness (QED) is 0.830. The Labute approximate surface area is 137 Å². The van der Waals surface area contributed by atoms with Crippen molar-refractivity contribution in [2.24, 2.45) is 0 Å². The van der Waals surface area contributed by atoms with Crippen LogP contribution in [0.3, 0.4) is 0 Å². The number of nitrogens with zero attached hydrogens (tertiary/aromatic N) is 1. The zero-order chi connectivity index (χ0) is 14.7. The first-order chi connectivity index (χ1) is 10.2. The van der Waals surface area contributed by atoms with Gasteiger partial charge in [0.2, 0.25) is 0 Å². The normalized spacial score (nSPS) is 21.2. The van der Waals surface area contributed by atoms with E-state index in [2.05, 4.69) is 11.8 Å². The highest BCUT2D eigenvalue weighted by Crippen LogP contribution is 2.40. The zero-order valence-electron chi connectivity index (χ0n) is 13.1. The summed E-state index contributed by atoms with van der Waals surface area (Å²) in [5, 5.41) is 0. The third kappa shape index (κ3) is 4.04. The summed E-state index contributed by atoms with van der Waals surface area (Å²) in [6.45, 7) is 8.06. The predicted octanol–water partition coefficient (Wildman–Crippen LogP) is 2.68. The van der Waals surface area contributed by atoms with Gasteiger partial charge in [-0.15, -0.1) is 12.4 Å². The molecule has 2 heterocycles. The van der Waals surface area contributed by atoms with Crippen LogP contribution in [0.2, 0.25) is 0 Å². The van der Waals surface area contributed by atoms with Gasteiger partial charge in [-0.1, -0.05) is 12.1 Å². The second kappa shape index (κ2) is 7.51. The van der Waals surface area contributed by atoms with Crippen molar-refractivity contribution < 1.29 is 18.9 Å². The van der Waals surface area contributed by atoms with E-state index in [4.69, 9.17) is 18.9 Å². The van der Waals surface area contributed by atoms with E-state index in [1.807, 2.05) is 31.2 Å². The number of ether oxygens (including phenoxy) is 4. The number of hydrogen-bond donors (Lipinski definition) is 0. The molecule has 2 aliphatic rings. The average molecular weight is 330 g/mol. The van der Waals surface area contributed by atoms with Crippen LogP contribution in [-0.2, 0) is 9.47 Å². The van der Waals surface area contributed by atoms with Gasteiger partial charge in [0.05, 0.1) is 19.8 Å². The summed E-state index contributed by atoms with van der Waals surface area (Å²) in [5.74, 6) is 0.983. The van der Waals surface area contributed by atoms with Crippen LogP contribution in [-0.4, -0.2) is 49.8 Å². The summed E-state index contributed by atoms with van der Waals surface area (Å²) in [6, 6.07) is 7.76. The van der Waals surface area contributed by atoms with E-state index in [-0.39, 0.29) is 18.6 Å². The van der Waals surface area contributed by atoms with Gasteiger partial charge >= 0.3 is 0 Å². The van der Waals surface area contributed by atoms with Crippen LogP contribution < -0.4 is 9.47 Å². The second-order valence-electron chi connectivity index (χ2n) is 5.65. The SMILES string of the molecule is CC(OCCC1(C)Oc2ccccc2O1)N1CCOCC1.Cl. The first-order valence-electron chi connectivity index (χ1n) is 7.57. The highest BCUT2D eigenvalue weighted by Gasteiger charge is 2.36. The lowest BCUT2D eigenvalue weighted by molar-refractivity contribution is -0.121. The van der Waals surface area contributed by atoms with Gasteiger partial charge in [-0.3, -0.25) is 4.90 Å². The fourth-order valence-corrected chi connectivity index (χ4v) is 2.67. The van der Waals surface area contributed by atoms with Gasteiger partial charge in [-0.05, 0) is 19.1 Å². The molecule has 1 saturated heterocycles. The summed E-state index contributed by atoms with van der Waals surface area (Å²) in [4.78, 5) is 2.29. The fraction of sp³-hybridized carbons (Fsp3) is 0.625. The fourth-order valence-electron chi connectivity index (χ4n) is 2.67. The van der Waals surface area contributed by atoms with Gasteiger partial charge in [0.1, 0.15) is 6.23 Å². The minimum atomic E-state index is -0.631. The van der Waals surface area contributed by atoms with Crippen LogP contribution in [0.4, 0.5) is 0 Å². The third-order valence-electron chi connectivity index (χ3n) is 3.98. The summed E-state index contributed by atoms with van der Waals surface area (Å²) >= 11 is 0. The van der Waals surface area contributed by atoms with Crippen molar-refractivity contribution in [3.8, 4) is 11.5 Å². The Kier molecular flexibility index (Phi) is 5.92. The second-order valence-corrected chi connectivity index (χ2v) is 5.65. The predicted molar refractivity (Wildman–Crippen MR) is 85.8 cm³/mol. The molecule has 0 aromatic heterocycles. The van der Waals surface area contributed by atoms with Crippen LogP contribution in [0.25, 0.3) is 0 Å². The Hall–Kier alpha value is -1.01. The molecule has 1 unspecified atom stereocenters. The summed E-state index contributed by atoms with van der Waals surface area (Å²) < 4.78 is 23.0. The molecule has 0 bridgehead atoms. The minimum Gasteiger partial charge on any atom is -0.449 e. The molecule has 1 atom stereocenters. The van der Waals surface area contributed by atoms with Crippen molar-refractivity contribution in [1.82, 2.24) is 4.90 Å². The van der Waals surface area contributed by atoms with E-state index >= 15 is 0 Å². The van der Waals surface area contributed by atoms with Crippen molar-refractivity contribution >= 4 is 12.4 Å². The van der Waals surface area contributed by atoms with Gasteiger partial charge in [0.15, 0.2) is 11.5 Å². The highest BCUT2D eigenvalue weighted by molar-refractivity contribution is 5.85. The van der Waals surface area contributed by atoms with Crippen LogP contribution >= 0.6 is 12.4 Å². The van der Waals surface area contributed by atoms with Crippen LogP contribution in [0.1, 0.15) is 20.3 Å². The van der Waals surface area contributed by atoms with Gasteiger partial charge in [0.25, 0.3) is 5.79 Å². The van der Waals surface area contributed by atoms with Gasteiger partial charge in [0, 0.05) is 26.4 Å². The number of para-hydroxylation sites is 2. The molecule has 5 nitrogen and oxygen atoms in total. The van der Waals surface area contributed by atoms with Crippen molar-refractivity contribution in [2.75, 3.05) is 32.9 Å². The third-order valence-corrected chi connectivity index (χ3v) is 3.98. The summed E-state index contributed by atoms with van der Waals surface area (Å²) in [6.07, 6.45) is 0.789. The van der Waals surface area contributed by atoms with Crippen LogP contribution in [0, 0.1) is 0 Å². The number of benzene rings is 1. The lowest BCUT2D eigenvalue weighted by Gasteiger charge is -2.32. The molecule has 2 aliphatic heterocycles. The smallest absolute Gasteiger partial charge is 0.251 e. The maximum atomic E-state index is 5.92. The Morgan fingerprint density at radius 3 is 2.36 bits per heavy atom. The molecular formula is C16H24ClNO4. The molecular weight excluding hydrogens is 306 g/mol. The number of rotatable bonds is 5. The molecule has 1 aromatic rings. The van der Waals surface area contributed by atoms with Crippen molar-refractivity contribution in [3.63, 3.8) is 0 Å². The molecule has 6 heteroatoms. The lowest BCUT2D eigenvalue weighted by Crippen LogP contribution is -2.44. The number of halogens is 1. The topological polar surface area (TPSA) is 40.2 Å². The molecule has 0 N–H and O–H groups in total. The monoisotopic (exact) mass is 329 g/mol. The maximum absolute atomic E-state index is 5.92. The largest absolute Gasteiger partial charge is 0.449 e. The Balaban J connectivity index is 0.00000176. The Bertz CT molecular complexity index is 454. The number of hydrogen-bond acceptors (Lipinski definition) is 5. The first-order valence-corrected chi connectivity index (χ1v) is 7.57. The summed E-state index contributed by atoms with van der Waals surface area (Å²) in [7, 11) is 0. The van der Waals surface area contributed by atoms with Gasteiger partial charge in [-0.2, -0.15) is 0 Å². The maximum Gasteiger partial charge on any atom is 0.251 e. The average Bonchev–Trinajstić information content (AvgIpc) is 2.84. The zero-order valence-corrected chi connectivity index (χ0v) is 13.9. The van der Waals surface area contributed by atoms with Crippen molar-refractivity contribution in [1.29, 1.82) is 0 Å². The molecule has 124 valence electrons. The van der Waals surface area contributed by atoms with Crippen molar-refractivity contribution in [2.45, 2.75) is 32.3 Å². The molecule has 22 heavy (non-hydrogen) atoms. The number of morpholine rings is 1. The molecule has 0 aliphatic carbocycles. The lowest BCUT2D eigenvalue weighted by atomic mass is 10.2. The van der Waals surface area contributed by atoms with E-state index < -0.39 is 5.79 Å². The molecule has 1 fully saturated rings. The highest BCUT2D eigenvalue weighted by atomic mass is 35.5. The van der Waals surface area contributed by atoms with E-state index in [0.29, 0.717) is 13.0 Å².